The van der Waals surface area contributed by atoms with Crippen molar-refractivity contribution in [2.24, 2.45) is 0 Å². The molecular formula is C10H6N2O5. The van der Waals surface area contributed by atoms with Gasteiger partial charge in [-0.25, -0.2) is 0 Å². The summed E-state index contributed by atoms with van der Waals surface area (Å²) in [7, 11) is 0. The highest BCUT2D eigenvalue weighted by molar-refractivity contribution is 5.70. The number of nitro benzene ring substituents is 1. The van der Waals surface area contributed by atoms with Gasteiger partial charge in [0.25, 0.3) is 5.69 Å². The number of nitro groups is 1. The van der Waals surface area contributed by atoms with Crippen molar-refractivity contribution in [3.63, 3.8) is 0 Å². The van der Waals surface area contributed by atoms with Gasteiger partial charge in [0.05, 0.1) is 11.0 Å². The standard InChI is InChI=1S/C10H6N2O5/c13-5-7-6-16-10(11-7)17-9-3-1-2-8(4-9)12(14)15/h1-6H. The minimum absolute atomic E-state index is 0.0884. The van der Waals surface area contributed by atoms with Crippen molar-refractivity contribution in [1.82, 2.24) is 4.98 Å². The number of rotatable bonds is 4. The predicted molar refractivity (Wildman–Crippen MR) is 55.1 cm³/mol. The highest BCUT2D eigenvalue weighted by atomic mass is 16.6. The van der Waals surface area contributed by atoms with Crippen molar-refractivity contribution in [2.75, 3.05) is 0 Å². The van der Waals surface area contributed by atoms with Crippen LogP contribution in [0.5, 0.6) is 11.8 Å². The number of aromatic nitrogens is 1. The largest absolute Gasteiger partial charge is 0.416 e. The van der Waals surface area contributed by atoms with Crippen molar-refractivity contribution >= 4 is 12.0 Å². The van der Waals surface area contributed by atoms with E-state index in [4.69, 9.17) is 9.15 Å². The molecular weight excluding hydrogens is 228 g/mol. The van der Waals surface area contributed by atoms with Crippen LogP contribution in [0.4, 0.5) is 5.69 Å². The van der Waals surface area contributed by atoms with E-state index < -0.39 is 4.92 Å². The minimum Gasteiger partial charge on any atom is -0.416 e. The number of nitrogens with zero attached hydrogens (tertiary/aromatic N) is 2. The molecule has 0 amide bonds. The maximum Gasteiger partial charge on any atom is 0.399 e. The van der Waals surface area contributed by atoms with Crippen molar-refractivity contribution in [3.05, 3.63) is 46.3 Å². The van der Waals surface area contributed by atoms with Crippen molar-refractivity contribution in [2.45, 2.75) is 0 Å². The average molecular weight is 234 g/mol. The molecule has 86 valence electrons. The fourth-order valence-electron chi connectivity index (χ4n) is 1.13. The van der Waals surface area contributed by atoms with E-state index in [-0.39, 0.29) is 23.2 Å². The number of aldehydes is 1. The SMILES string of the molecule is O=Cc1coc(Oc2cccc([N+](=O)[O-])c2)n1. The third kappa shape index (κ3) is 2.46. The number of hydrogen-bond donors (Lipinski definition) is 0. The Labute approximate surface area is 94.8 Å². The van der Waals surface area contributed by atoms with E-state index in [1.807, 2.05) is 0 Å². The van der Waals surface area contributed by atoms with Crippen LogP contribution in [0, 0.1) is 10.1 Å². The van der Waals surface area contributed by atoms with Crippen LogP contribution in [-0.4, -0.2) is 16.2 Å². The van der Waals surface area contributed by atoms with Gasteiger partial charge in [-0.3, -0.25) is 14.9 Å². The molecule has 1 heterocycles. The molecule has 7 heteroatoms. The summed E-state index contributed by atoms with van der Waals surface area (Å²) in [5.74, 6) is 0.207. The van der Waals surface area contributed by atoms with Gasteiger partial charge in [-0.15, -0.1) is 0 Å². The van der Waals surface area contributed by atoms with E-state index in [0.717, 1.165) is 6.26 Å². The molecule has 0 radical (unpaired) electrons. The van der Waals surface area contributed by atoms with Gasteiger partial charge in [0.1, 0.15) is 17.7 Å². The Morgan fingerprint density at radius 1 is 1.47 bits per heavy atom. The zero-order valence-electron chi connectivity index (χ0n) is 8.40. The fourth-order valence-corrected chi connectivity index (χ4v) is 1.13. The highest BCUT2D eigenvalue weighted by Gasteiger charge is 2.09. The molecule has 0 unspecified atom stereocenters. The summed E-state index contributed by atoms with van der Waals surface area (Å²) in [5.41, 5.74) is -0.0184. The first-order valence-corrected chi connectivity index (χ1v) is 4.52. The first-order chi connectivity index (χ1) is 8.19. The van der Waals surface area contributed by atoms with Crippen LogP contribution in [-0.2, 0) is 0 Å². The lowest BCUT2D eigenvalue weighted by molar-refractivity contribution is -0.384. The summed E-state index contributed by atoms with van der Waals surface area (Å²) < 4.78 is 9.94. The van der Waals surface area contributed by atoms with E-state index in [0.29, 0.717) is 6.29 Å². The Morgan fingerprint density at radius 2 is 2.29 bits per heavy atom. The fraction of sp³-hybridized carbons (Fsp3) is 0. The molecule has 17 heavy (non-hydrogen) atoms. The van der Waals surface area contributed by atoms with Crippen LogP contribution in [0.15, 0.2) is 34.9 Å². The highest BCUT2D eigenvalue weighted by Crippen LogP contribution is 2.24. The molecule has 0 spiro atoms. The van der Waals surface area contributed by atoms with Gasteiger partial charge >= 0.3 is 6.08 Å². The first kappa shape index (κ1) is 10.8. The average Bonchev–Trinajstić information content (AvgIpc) is 2.77. The maximum atomic E-state index is 10.5. The number of carbonyl (C=O) groups is 1. The van der Waals surface area contributed by atoms with E-state index in [1.165, 1.54) is 24.3 Å². The van der Waals surface area contributed by atoms with Crippen molar-refractivity contribution < 1.29 is 18.9 Å². The lowest BCUT2D eigenvalue weighted by Gasteiger charge is -1.99. The molecule has 0 aliphatic rings. The Hall–Kier alpha value is -2.70. The monoisotopic (exact) mass is 234 g/mol. The number of oxazole rings is 1. The number of non-ortho nitro benzene ring substituents is 1. The lowest BCUT2D eigenvalue weighted by atomic mass is 10.3. The van der Waals surface area contributed by atoms with Gasteiger partial charge in [0.15, 0.2) is 6.29 Å². The molecule has 1 aromatic heterocycles. The lowest BCUT2D eigenvalue weighted by Crippen LogP contribution is -1.89. The summed E-state index contributed by atoms with van der Waals surface area (Å²) >= 11 is 0. The summed E-state index contributed by atoms with van der Waals surface area (Å²) in [4.78, 5) is 24.0. The van der Waals surface area contributed by atoms with Crippen LogP contribution in [0.1, 0.15) is 10.5 Å². The first-order valence-electron chi connectivity index (χ1n) is 4.52. The quantitative estimate of drug-likeness (QED) is 0.457. The van der Waals surface area contributed by atoms with Crippen LogP contribution in [0.3, 0.4) is 0 Å². The Kier molecular flexibility index (Phi) is 2.82. The summed E-state index contributed by atoms with van der Waals surface area (Å²) in [6.45, 7) is 0. The number of benzene rings is 1. The zero-order chi connectivity index (χ0) is 12.3. The molecule has 1 aromatic carbocycles. The molecule has 7 nitrogen and oxygen atoms in total. The number of carbonyl (C=O) groups excluding carboxylic acids is 1. The third-order valence-electron chi connectivity index (χ3n) is 1.86. The second-order valence-corrected chi connectivity index (χ2v) is 3.01. The number of ether oxygens (including phenoxy) is 1. The third-order valence-corrected chi connectivity index (χ3v) is 1.86. The van der Waals surface area contributed by atoms with Crippen molar-refractivity contribution in [3.8, 4) is 11.8 Å². The second-order valence-electron chi connectivity index (χ2n) is 3.01. The Bertz CT molecular complexity index is 563. The molecule has 0 bridgehead atoms. The minimum atomic E-state index is -0.542. The van der Waals surface area contributed by atoms with Crippen LogP contribution >= 0.6 is 0 Å². The molecule has 0 saturated carbocycles. The smallest absolute Gasteiger partial charge is 0.399 e. The van der Waals surface area contributed by atoms with Gasteiger partial charge in [-0.1, -0.05) is 6.07 Å². The van der Waals surface area contributed by atoms with E-state index in [1.54, 1.807) is 0 Å². The zero-order valence-corrected chi connectivity index (χ0v) is 8.40. The maximum absolute atomic E-state index is 10.5. The van der Waals surface area contributed by atoms with Gasteiger partial charge in [0, 0.05) is 6.07 Å². The van der Waals surface area contributed by atoms with Crippen LogP contribution in [0.25, 0.3) is 0 Å². The van der Waals surface area contributed by atoms with Gasteiger partial charge in [-0.2, -0.15) is 4.98 Å². The molecule has 2 aromatic rings. The summed E-state index contributed by atoms with van der Waals surface area (Å²) in [6, 6.07) is 5.54. The van der Waals surface area contributed by atoms with Gasteiger partial charge in [-0.05, 0) is 6.07 Å². The van der Waals surface area contributed by atoms with Crippen molar-refractivity contribution in [1.29, 1.82) is 0 Å². The molecule has 0 aliphatic carbocycles. The molecule has 0 atom stereocenters. The van der Waals surface area contributed by atoms with Gasteiger partial charge < -0.3 is 9.15 Å². The number of hydrogen-bond acceptors (Lipinski definition) is 6. The normalized spacial score (nSPS) is 9.88. The molecule has 0 N–H and O–H groups in total. The van der Waals surface area contributed by atoms with Crippen LogP contribution in [0.2, 0.25) is 0 Å². The van der Waals surface area contributed by atoms with E-state index in [2.05, 4.69) is 4.98 Å². The topological polar surface area (TPSA) is 95.5 Å². The van der Waals surface area contributed by atoms with E-state index in [9.17, 15) is 14.9 Å². The van der Waals surface area contributed by atoms with E-state index >= 15 is 0 Å². The summed E-state index contributed by atoms with van der Waals surface area (Å²) in [5, 5.41) is 10.5. The Morgan fingerprint density at radius 3 is 2.94 bits per heavy atom. The Balaban J connectivity index is 2.20. The molecule has 0 fully saturated rings. The molecule has 0 saturated heterocycles. The molecule has 2 rings (SSSR count). The molecule has 0 aliphatic heterocycles. The summed E-state index contributed by atoms with van der Waals surface area (Å²) in [6.07, 6.45) is 1.48. The van der Waals surface area contributed by atoms with Crippen LogP contribution < -0.4 is 4.74 Å². The second kappa shape index (κ2) is 4.44. The van der Waals surface area contributed by atoms with Gasteiger partial charge in [0.2, 0.25) is 0 Å². The predicted octanol–water partition coefficient (Wildman–Crippen LogP) is 2.19.